The zero-order chi connectivity index (χ0) is 10.7. The van der Waals surface area contributed by atoms with E-state index in [9.17, 15) is 8.78 Å². The molecule has 0 radical (unpaired) electrons. The molecule has 14 heavy (non-hydrogen) atoms. The van der Waals surface area contributed by atoms with Crippen molar-refractivity contribution >= 4 is 23.2 Å². The number of aliphatic hydroxyl groups excluding tert-OH is 1. The Balaban J connectivity index is 3.23. The van der Waals surface area contributed by atoms with E-state index in [1.54, 1.807) is 0 Å². The van der Waals surface area contributed by atoms with Gasteiger partial charge < -0.3 is 5.11 Å². The summed E-state index contributed by atoms with van der Waals surface area (Å²) in [7, 11) is 0. The number of aliphatic hydroxyl groups is 1. The van der Waals surface area contributed by atoms with Crippen LogP contribution in [-0.2, 0) is 12.5 Å². The zero-order valence-corrected chi connectivity index (χ0v) is 8.49. The Hall–Kier alpha value is -0.450. The average Bonchev–Trinajstić information content (AvgIpc) is 2.16. The second-order valence-electron chi connectivity index (χ2n) is 2.57. The molecule has 1 aromatic heterocycles. The lowest BCUT2D eigenvalue weighted by Gasteiger charge is -2.08. The minimum Gasteiger partial charge on any atom is -0.390 e. The molecule has 1 N–H and O–H groups in total. The second kappa shape index (κ2) is 4.87. The molecule has 0 aliphatic rings. The highest BCUT2D eigenvalue weighted by atomic mass is 35.5. The minimum absolute atomic E-state index is 0.0137. The van der Waals surface area contributed by atoms with Crippen LogP contribution in [0.25, 0.3) is 0 Å². The molecular formula is C8H7Cl2F2NO. The van der Waals surface area contributed by atoms with Gasteiger partial charge in [0.25, 0.3) is 6.43 Å². The quantitative estimate of drug-likeness (QED) is 0.652. The van der Waals surface area contributed by atoms with Gasteiger partial charge in [-0.2, -0.15) is 0 Å². The van der Waals surface area contributed by atoms with E-state index in [0.29, 0.717) is 5.56 Å². The van der Waals surface area contributed by atoms with Gasteiger partial charge in [0.2, 0.25) is 0 Å². The first-order chi connectivity index (χ1) is 6.60. The van der Waals surface area contributed by atoms with Crippen LogP contribution in [0, 0.1) is 0 Å². The van der Waals surface area contributed by atoms with Crippen LogP contribution >= 0.6 is 23.2 Å². The Labute approximate surface area is 89.5 Å². The maximum Gasteiger partial charge on any atom is 0.266 e. The molecule has 2 nitrogen and oxygen atoms in total. The summed E-state index contributed by atoms with van der Waals surface area (Å²) in [4.78, 5) is 3.63. The molecular weight excluding hydrogens is 235 g/mol. The van der Waals surface area contributed by atoms with Gasteiger partial charge in [0.05, 0.1) is 17.9 Å². The molecule has 0 aliphatic heterocycles. The molecule has 1 aromatic rings. The van der Waals surface area contributed by atoms with Crippen LogP contribution in [0.1, 0.15) is 23.2 Å². The largest absolute Gasteiger partial charge is 0.390 e. The number of aromatic nitrogens is 1. The predicted octanol–water partition coefficient (Wildman–Crippen LogP) is 2.90. The summed E-state index contributed by atoms with van der Waals surface area (Å²) >= 11 is 11.0. The second-order valence-corrected chi connectivity index (χ2v) is 3.19. The summed E-state index contributed by atoms with van der Waals surface area (Å²) < 4.78 is 24.7. The summed E-state index contributed by atoms with van der Waals surface area (Å²) in [6, 6.07) is 1.17. The standard InChI is InChI=1S/C8H7Cl2F2NO/c9-2-4-1-5(8(11)12)7(10)13-6(4)3-14/h1,8,14H,2-3H2. The van der Waals surface area contributed by atoms with Crippen LogP contribution in [0.15, 0.2) is 6.07 Å². The summed E-state index contributed by atoms with van der Waals surface area (Å²) in [6.45, 7) is -0.370. The highest BCUT2D eigenvalue weighted by molar-refractivity contribution is 6.30. The predicted molar refractivity (Wildman–Crippen MR) is 49.7 cm³/mol. The molecule has 78 valence electrons. The van der Waals surface area contributed by atoms with E-state index in [1.165, 1.54) is 6.07 Å². The Morgan fingerprint density at radius 3 is 2.57 bits per heavy atom. The fraction of sp³-hybridized carbons (Fsp3) is 0.375. The summed E-state index contributed by atoms with van der Waals surface area (Å²) in [6.07, 6.45) is -2.69. The first kappa shape index (κ1) is 11.6. The average molecular weight is 242 g/mol. The first-order valence-corrected chi connectivity index (χ1v) is 4.64. The highest BCUT2D eigenvalue weighted by Crippen LogP contribution is 2.28. The van der Waals surface area contributed by atoms with Gasteiger partial charge in [0, 0.05) is 5.88 Å². The molecule has 0 amide bonds. The Bertz CT molecular complexity index is 333. The van der Waals surface area contributed by atoms with E-state index in [4.69, 9.17) is 28.3 Å². The highest BCUT2D eigenvalue weighted by Gasteiger charge is 2.16. The van der Waals surface area contributed by atoms with Crippen molar-refractivity contribution in [3.8, 4) is 0 Å². The maximum atomic E-state index is 12.3. The van der Waals surface area contributed by atoms with E-state index in [2.05, 4.69) is 4.98 Å². The molecule has 0 aliphatic carbocycles. The zero-order valence-electron chi connectivity index (χ0n) is 6.98. The lowest BCUT2D eigenvalue weighted by molar-refractivity contribution is 0.151. The van der Waals surface area contributed by atoms with E-state index >= 15 is 0 Å². The van der Waals surface area contributed by atoms with Crippen LogP contribution < -0.4 is 0 Å². The molecule has 0 atom stereocenters. The SMILES string of the molecule is OCc1nc(Cl)c(C(F)F)cc1CCl. The third kappa shape index (κ3) is 2.32. The van der Waals surface area contributed by atoms with Crippen molar-refractivity contribution in [1.82, 2.24) is 4.98 Å². The summed E-state index contributed by atoms with van der Waals surface area (Å²) in [5.74, 6) is 0.0137. The van der Waals surface area contributed by atoms with Crippen LogP contribution in [0.3, 0.4) is 0 Å². The molecule has 0 unspecified atom stereocenters. The van der Waals surface area contributed by atoms with Gasteiger partial charge in [0.1, 0.15) is 5.15 Å². The molecule has 1 heterocycles. The van der Waals surface area contributed by atoms with Crippen LogP contribution in [0.4, 0.5) is 8.78 Å². The van der Waals surface area contributed by atoms with Crippen LogP contribution in [-0.4, -0.2) is 10.1 Å². The van der Waals surface area contributed by atoms with Gasteiger partial charge in [-0.1, -0.05) is 11.6 Å². The lowest BCUT2D eigenvalue weighted by atomic mass is 10.1. The maximum absolute atomic E-state index is 12.3. The number of hydrogen-bond acceptors (Lipinski definition) is 2. The molecule has 0 fully saturated rings. The molecule has 0 spiro atoms. The topological polar surface area (TPSA) is 33.1 Å². The molecule has 6 heteroatoms. The van der Waals surface area contributed by atoms with Crippen molar-refractivity contribution in [3.05, 3.63) is 28.0 Å². The summed E-state index contributed by atoms with van der Waals surface area (Å²) in [5.41, 5.74) is 0.239. The van der Waals surface area contributed by atoms with Gasteiger partial charge in [0.15, 0.2) is 0 Å². The molecule has 0 bridgehead atoms. The van der Waals surface area contributed by atoms with Gasteiger partial charge in [-0.05, 0) is 11.6 Å². The van der Waals surface area contributed by atoms with E-state index < -0.39 is 6.43 Å². The smallest absolute Gasteiger partial charge is 0.266 e. The van der Waals surface area contributed by atoms with Gasteiger partial charge in [-0.15, -0.1) is 11.6 Å². The summed E-state index contributed by atoms with van der Waals surface area (Å²) in [5, 5.41) is 8.54. The van der Waals surface area contributed by atoms with Crippen molar-refractivity contribution in [2.45, 2.75) is 18.9 Å². The Morgan fingerprint density at radius 1 is 1.50 bits per heavy atom. The number of halogens is 4. The fourth-order valence-corrected chi connectivity index (χ4v) is 1.46. The minimum atomic E-state index is -2.69. The Kier molecular flexibility index (Phi) is 4.04. The van der Waals surface area contributed by atoms with Gasteiger partial charge in [-0.3, -0.25) is 0 Å². The van der Waals surface area contributed by atoms with E-state index in [0.717, 1.165) is 0 Å². The van der Waals surface area contributed by atoms with Gasteiger partial charge >= 0.3 is 0 Å². The van der Waals surface area contributed by atoms with Crippen LogP contribution in [0.5, 0.6) is 0 Å². The van der Waals surface area contributed by atoms with Crippen LogP contribution in [0.2, 0.25) is 5.15 Å². The first-order valence-electron chi connectivity index (χ1n) is 3.73. The number of pyridine rings is 1. The third-order valence-corrected chi connectivity index (χ3v) is 2.29. The van der Waals surface area contributed by atoms with Crippen molar-refractivity contribution in [2.24, 2.45) is 0 Å². The number of rotatable bonds is 3. The van der Waals surface area contributed by atoms with Crippen molar-refractivity contribution in [3.63, 3.8) is 0 Å². The Morgan fingerprint density at radius 2 is 2.14 bits per heavy atom. The number of nitrogens with zero attached hydrogens (tertiary/aromatic N) is 1. The van der Waals surface area contributed by atoms with Crippen molar-refractivity contribution in [2.75, 3.05) is 0 Å². The fourth-order valence-electron chi connectivity index (χ4n) is 0.991. The number of alkyl halides is 3. The van der Waals surface area contributed by atoms with E-state index in [1.807, 2.05) is 0 Å². The normalized spacial score (nSPS) is 11.0. The molecule has 0 saturated carbocycles. The van der Waals surface area contributed by atoms with E-state index in [-0.39, 0.29) is 28.9 Å². The van der Waals surface area contributed by atoms with Gasteiger partial charge in [-0.25, -0.2) is 13.8 Å². The molecule has 0 aromatic carbocycles. The third-order valence-electron chi connectivity index (χ3n) is 1.70. The van der Waals surface area contributed by atoms with Crippen molar-refractivity contribution in [1.29, 1.82) is 0 Å². The monoisotopic (exact) mass is 241 g/mol. The number of hydrogen-bond donors (Lipinski definition) is 1. The molecule has 0 saturated heterocycles. The lowest BCUT2D eigenvalue weighted by Crippen LogP contribution is -2.00. The van der Waals surface area contributed by atoms with Crippen molar-refractivity contribution < 1.29 is 13.9 Å². The molecule has 1 rings (SSSR count).